The molecule has 3 aromatic carbocycles. The van der Waals surface area contributed by atoms with Crippen molar-refractivity contribution in [3.8, 4) is 0 Å². The monoisotopic (exact) mass is 402 g/mol. The molecule has 4 rings (SSSR count). The molecule has 4 nitrogen and oxygen atoms in total. The van der Waals surface area contributed by atoms with Crippen LogP contribution in [0.15, 0.2) is 84.9 Å². The van der Waals surface area contributed by atoms with Gasteiger partial charge in [0.05, 0.1) is 5.92 Å². The molecule has 1 aliphatic heterocycles. The molecule has 1 heterocycles. The van der Waals surface area contributed by atoms with Crippen molar-refractivity contribution in [2.45, 2.75) is 12.5 Å². The third-order valence-electron chi connectivity index (χ3n) is 5.57. The Hall–Kier alpha value is -3.47. The van der Waals surface area contributed by atoms with Crippen LogP contribution >= 0.6 is 0 Å². The molecule has 0 radical (unpaired) electrons. The Morgan fingerprint density at radius 2 is 1.50 bits per heavy atom. The number of benzene rings is 3. The molecule has 1 N–H and O–H groups in total. The van der Waals surface area contributed by atoms with E-state index in [2.05, 4.69) is 5.32 Å². The van der Waals surface area contributed by atoms with Crippen LogP contribution in [-0.2, 0) is 11.3 Å². The zero-order valence-corrected chi connectivity index (χ0v) is 16.5. The first-order valence-electron chi connectivity index (χ1n) is 10.0. The fourth-order valence-corrected chi connectivity index (χ4v) is 3.96. The summed E-state index contributed by atoms with van der Waals surface area (Å²) in [5.41, 5.74) is 2.50. The lowest BCUT2D eigenvalue weighted by atomic mass is 9.88. The summed E-state index contributed by atoms with van der Waals surface area (Å²) in [6, 6.07) is 25.0. The molecule has 0 saturated carbocycles. The van der Waals surface area contributed by atoms with Crippen LogP contribution in [0.5, 0.6) is 0 Å². The van der Waals surface area contributed by atoms with Gasteiger partial charge in [-0.15, -0.1) is 0 Å². The van der Waals surface area contributed by atoms with Crippen LogP contribution in [0.2, 0.25) is 0 Å². The summed E-state index contributed by atoms with van der Waals surface area (Å²) in [5.74, 6) is -0.894. The minimum atomic E-state index is -0.347. The van der Waals surface area contributed by atoms with Gasteiger partial charge in [0.25, 0.3) is 5.91 Å². The van der Waals surface area contributed by atoms with Gasteiger partial charge >= 0.3 is 0 Å². The number of hydrogen-bond acceptors (Lipinski definition) is 2. The van der Waals surface area contributed by atoms with Crippen LogP contribution in [0.1, 0.15) is 27.4 Å². The van der Waals surface area contributed by atoms with Gasteiger partial charge in [0.1, 0.15) is 5.82 Å². The number of amides is 2. The van der Waals surface area contributed by atoms with Crippen molar-refractivity contribution in [2.24, 2.45) is 5.92 Å². The molecule has 2 atom stereocenters. The molecule has 3 aromatic rings. The summed E-state index contributed by atoms with van der Waals surface area (Å²) >= 11 is 0. The molecule has 0 unspecified atom stereocenters. The molecule has 1 aliphatic rings. The van der Waals surface area contributed by atoms with E-state index in [9.17, 15) is 14.0 Å². The number of rotatable bonds is 5. The summed E-state index contributed by atoms with van der Waals surface area (Å²) in [7, 11) is 0. The molecule has 30 heavy (non-hydrogen) atoms. The number of carbonyl (C=O) groups is 2. The van der Waals surface area contributed by atoms with Gasteiger partial charge in [-0.1, -0.05) is 60.7 Å². The van der Waals surface area contributed by atoms with Crippen LogP contribution in [0, 0.1) is 11.7 Å². The summed E-state index contributed by atoms with van der Waals surface area (Å²) in [4.78, 5) is 27.8. The molecule has 0 aliphatic carbocycles. The standard InChI is InChI=1S/C25H23FN2O2/c26-21-13-11-18(12-14-21)15-27-24(29)23-17-28(25(30)20-9-5-2-6-10-20)16-22(23)19-7-3-1-4-8-19/h1-14,22-23H,15-17H2,(H,27,29)/t22-,23+/m1/s1. The largest absolute Gasteiger partial charge is 0.352 e. The maximum atomic E-state index is 13.1. The average molecular weight is 402 g/mol. The zero-order valence-electron chi connectivity index (χ0n) is 16.5. The van der Waals surface area contributed by atoms with E-state index in [1.807, 2.05) is 48.5 Å². The molecule has 1 saturated heterocycles. The Labute approximate surface area is 175 Å². The van der Waals surface area contributed by atoms with Crippen molar-refractivity contribution in [1.29, 1.82) is 0 Å². The Morgan fingerprint density at radius 1 is 0.867 bits per heavy atom. The van der Waals surface area contributed by atoms with Crippen molar-refractivity contribution in [3.63, 3.8) is 0 Å². The summed E-state index contributed by atoms with van der Waals surface area (Å²) in [6.07, 6.45) is 0. The number of nitrogens with one attached hydrogen (secondary N) is 1. The van der Waals surface area contributed by atoms with Crippen LogP contribution in [0.25, 0.3) is 0 Å². The second kappa shape index (κ2) is 8.91. The van der Waals surface area contributed by atoms with E-state index in [0.29, 0.717) is 25.2 Å². The van der Waals surface area contributed by atoms with E-state index in [-0.39, 0.29) is 29.5 Å². The topological polar surface area (TPSA) is 49.4 Å². The van der Waals surface area contributed by atoms with E-state index in [1.165, 1.54) is 12.1 Å². The highest BCUT2D eigenvalue weighted by Crippen LogP contribution is 2.33. The maximum Gasteiger partial charge on any atom is 0.253 e. The van der Waals surface area contributed by atoms with Crippen molar-refractivity contribution in [3.05, 3.63) is 107 Å². The van der Waals surface area contributed by atoms with Gasteiger partial charge in [-0.3, -0.25) is 9.59 Å². The number of hydrogen-bond donors (Lipinski definition) is 1. The molecule has 2 amide bonds. The van der Waals surface area contributed by atoms with Gasteiger partial charge in [0.2, 0.25) is 5.91 Å². The predicted octanol–water partition coefficient (Wildman–Crippen LogP) is 4.00. The van der Waals surface area contributed by atoms with Gasteiger partial charge in [0, 0.05) is 31.1 Å². The minimum absolute atomic E-state index is 0.0645. The molecule has 0 spiro atoms. The Morgan fingerprint density at radius 3 is 2.17 bits per heavy atom. The number of carbonyl (C=O) groups excluding carboxylic acids is 2. The van der Waals surface area contributed by atoms with Crippen molar-refractivity contribution in [2.75, 3.05) is 13.1 Å². The number of nitrogens with zero attached hydrogens (tertiary/aromatic N) is 1. The Balaban J connectivity index is 1.51. The summed E-state index contributed by atoms with van der Waals surface area (Å²) in [5, 5.41) is 2.96. The van der Waals surface area contributed by atoms with Gasteiger partial charge in [0.15, 0.2) is 0 Å². The van der Waals surface area contributed by atoms with Crippen LogP contribution in [-0.4, -0.2) is 29.8 Å². The lowest BCUT2D eigenvalue weighted by Gasteiger charge is -2.18. The van der Waals surface area contributed by atoms with Gasteiger partial charge in [-0.2, -0.15) is 0 Å². The van der Waals surface area contributed by atoms with E-state index in [4.69, 9.17) is 0 Å². The second-order valence-electron chi connectivity index (χ2n) is 7.54. The number of halogens is 1. The summed E-state index contributed by atoms with van der Waals surface area (Å²) < 4.78 is 13.1. The number of likely N-dealkylation sites (tertiary alicyclic amines) is 1. The molecular formula is C25H23FN2O2. The highest BCUT2D eigenvalue weighted by Gasteiger charge is 2.40. The molecule has 5 heteroatoms. The Kier molecular flexibility index (Phi) is 5.89. The minimum Gasteiger partial charge on any atom is -0.352 e. The molecule has 0 bridgehead atoms. The third kappa shape index (κ3) is 4.40. The lowest BCUT2D eigenvalue weighted by Crippen LogP contribution is -2.35. The maximum absolute atomic E-state index is 13.1. The van der Waals surface area contributed by atoms with E-state index in [0.717, 1.165) is 11.1 Å². The van der Waals surface area contributed by atoms with Crippen LogP contribution < -0.4 is 5.32 Å². The quantitative estimate of drug-likeness (QED) is 0.701. The second-order valence-corrected chi connectivity index (χ2v) is 7.54. The first kappa shape index (κ1) is 19.8. The molecule has 152 valence electrons. The SMILES string of the molecule is O=C(NCc1ccc(F)cc1)[C@H]1CN(C(=O)c2ccccc2)C[C@@H]1c1ccccc1. The van der Waals surface area contributed by atoms with E-state index >= 15 is 0 Å². The average Bonchev–Trinajstić information content (AvgIpc) is 3.25. The lowest BCUT2D eigenvalue weighted by molar-refractivity contribution is -0.125. The van der Waals surface area contributed by atoms with Gasteiger partial charge < -0.3 is 10.2 Å². The predicted molar refractivity (Wildman–Crippen MR) is 113 cm³/mol. The van der Waals surface area contributed by atoms with Crippen molar-refractivity contribution >= 4 is 11.8 Å². The fraction of sp³-hybridized carbons (Fsp3) is 0.200. The third-order valence-corrected chi connectivity index (χ3v) is 5.57. The Bertz CT molecular complexity index is 1010. The van der Waals surface area contributed by atoms with Crippen molar-refractivity contribution < 1.29 is 14.0 Å². The zero-order chi connectivity index (χ0) is 20.9. The van der Waals surface area contributed by atoms with Crippen LogP contribution in [0.4, 0.5) is 4.39 Å². The van der Waals surface area contributed by atoms with E-state index < -0.39 is 0 Å². The molecule has 0 aromatic heterocycles. The molecule has 1 fully saturated rings. The normalized spacial score (nSPS) is 18.2. The van der Waals surface area contributed by atoms with Gasteiger partial charge in [-0.05, 0) is 35.4 Å². The summed E-state index contributed by atoms with van der Waals surface area (Å²) in [6.45, 7) is 1.18. The highest BCUT2D eigenvalue weighted by atomic mass is 19.1. The molecular weight excluding hydrogens is 379 g/mol. The van der Waals surface area contributed by atoms with E-state index in [1.54, 1.807) is 29.2 Å². The smallest absolute Gasteiger partial charge is 0.253 e. The fourth-order valence-electron chi connectivity index (χ4n) is 3.96. The van der Waals surface area contributed by atoms with Crippen LogP contribution in [0.3, 0.4) is 0 Å². The first-order valence-corrected chi connectivity index (χ1v) is 10.0. The van der Waals surface area contributed by atoms with Crippen molar-refractivity contribution in [1.82, 2.24) is 10.2 Å². The highest BCUT2D eigenvalue weighted by molar-refractivity contribution is 5.95. The first-order chi connectivity index (χ1) is 14.6. The van der Waals surface area contributed by atoms with Gasteiger partial charge in [-0.25, -0.2) is 4.39 Å².